The summed E-state index contributed by atoms with van der Waals surface area (Å²) in [6, 6.07) is 26.9. The lowest BCUT2D eigenvalue weighted by molar-refractivity contribution is 0.0222. The fraction of sp³-hybridized carbons (Fsp3) is 0.182. The van der Waals surface area contributed by atoms with Crippen LogP contribution in [0.3, 0.4) is 0 Å². The first kappa shape index (κ1) is 24.5. The zero-order valence-corrected chi connectivity index (χ0v) is 19.0. The van der Waals surface area contributed by atoms with Gasteiger partial charge in [-0.25, -0.2) is 9.13 Å². The first-order valence-electron chi connectivity index (χ1n) is 9.71. The van der Waals surface area contributed by atoms with Gasteiger partial charge in [0.05, 0.1) is 19.8 Å². The monoisotopic (exact) mass is 478 g/mol. The Morgan fingerprint density at radius 1 is 0.531 bits per heavy atom. The summed E-state index contributed by atoms with van der Waals surface area (Å²) >= 11 is 0. The van der Waals surface area contributed by atoms with Crippen LogP contribution >= 0.6 is 15.6 Å². The van der Waals surface area contributed by atoms with E-state index >= 15 is 0 Å². The molecule has 1 atom stereocenters. The molecule has 0 bridgehead atoms. The Balaban J connectivity index is 1.55. The van der Waals surface area contributed by atoms with Crippen LogP contribution in [-0.4, -0.2) is 11.7 Å². The van der Waals surface area contributed by atoms with Crippen molar-refractivity contribution in [1.82, 2.24) is 0 Å². The maximum atomic E-state index is 13.1. The molecule has 3 rings (SSSR count). The summed E-state index contributed by atoms with van der Waals surface area (Å²) in [6.45, 7) is -1.06. The third kappa shape index (κ3) is 8.79. The molecule has 0 heterocycles. The smallest absolute Gasteiger partial charge is 0.302 e. The molecule has 32 heavy (non-hydrogen) atoms. The molecule has 3 aromatic rings. The largest absolute Gasteiger partial charge is 0.477 e. The van der Waals surface area contributed by atoms with Gasteiger partial charge in [0, 0.05) is 0 Å². The summed E-state index contributed by atoms with van der Waals surface area (Å²) in [5.74, 6) is 0. The Morgan fingerprint density at radius 3 is 1.31 bits per heavy atom. The van der Waals surface area contributed by atoms with Crippen molar-refractivity contribution in [3.05, 3.63) is 108 Å². The number of rotatable bonds is 13. The van der Waals surface area contributed by atoms with Crippen LogP contribution in [0.25, 0.3) is 0 Å². The molecule has 0 aliphatic heterocycles. The highest BCUT2D eigenvalue weighted by Gasteiger charge is 2.30. The standard InChI is InChI=1S/C22H24O8P2/c23-31(24,26-16-20-10-4-1-5-11-20)29-19-30-32(25,27-17-21-12-6-2-7-13-21)28-18-22-14-8-3-9-15-22/h1-15H,16-19H2,(H,23,24). The fourth-order valence-corrected chi connectivity index (χ4v) is 4.17. The van der Waals surface area contributed by atoms with Crippen LogP contribution in [0.1, 0.15) is 16.7 Å². The SMILES string of the molecule is O=P(O)(OCOP(=O)(OCc1ccccc1)OCc1ccccc1)OCc1ccccc1. The average molecular weight is 478 g/mol. The maximum Gasteiger partial charge on any atom is 0.477 e. The Hall–Kier alpha value is -2.12. The van der Waals surface area contributed by atoms with Crippen molar-refractivity contribution in [2.75, 3.05) is 6.79 Å². The molecule has 0 spiro atoms. The van der Waals surface area contributed by atoms with E-state index in [4.69, 9.17) is 22.6 Å². The summed E-state index contributed by atoms with van der Waals surface area (Å²) in [5.41, 5.74) is 2.19. The topological polar surface area (TPSA) is 101 Å². The molecule has 0 amide bonds. The van der Waals surface area contributed by atoms with E-state index in [1.54, 1.807) is 48.5 Å². The van der Waals surface area contributed by atoms with Crippen LogP contribution in [0.2, 0.25) is 0 Å². The zero-order chi connectivity index (χ0) is 22.7. The number of hydrogen-bond donors (Lipinski definition) is 1. The molecule has 8 nitrogen and oxygen atoms in total. The molecule has 1 unspecified atom stereocenters. The average Bonchev–Trinajstić information content (AvgIpc) is 2.82. The Bertz CT molecular complexity index is 984. The predicted molar refractivity (Wildman–Crippen MR) is 118 cm³/mol. The number of benzene rings is 3. The normalized spacial score (nSPS) is 13.5. The van der Waals surface area contributed by atoms with Gasteiger partial charge in [-0.1, -0.05) is 91.0 Å². The minimum atomic E-state index is -4.46. The van der Waals surface area contributed by atoms with E-state index < -0.39 is 22.4 Å². The van der Waals surface area contributed by atoms with Crippen molar-refractivity contribution < 1.29 is 36.6 Å². The van der Waals surface area contributed by atoms with Gasteiger partial charge in [0.15, 0.2) is 6.79 Å². The summed E-state index contributed by atoms with van der Waals surface area (Å²) in [4.78, 5) is 9.85. The molecule has 0 radical (unpaired) electrons. The van der Waals surface area contributed by atoms with Crippen molar-refractivity contribution in [1.29, 1.82) is 0 Å². The third-order valence-corrected chi connectivity index (χ3v) is 6.33. The summed E-state index contributed by atoms with van der Waals surface area (Å²) in [5, 5.41) is 0. The van der Waals surface area contributed by atoms with Crippen LogP contribution in [0.15, 0.2) is 91.0 Å². The van der Waals surface area contributed by atoms with E-state index in [2.05, 4.69) is 0 Å². The molecule has 10 heteroatoms. The highest BCUT2D eigenvalue weighted by Crippen LogP contribution is 2.53. The van der Waals surface area contributed by atoms with Gasteiger partial charge < -0.3 is 4.89 Å². The van der Waals surface area contributed by atoms with Gasteiger partial charge in [-0.2, -0.15) is 0 Å². The van der Waals surface area contributed by atoms with Crippen molar-refractivity contribution in [3.63, 3.8) is 0 Å². The van der Waals surface area contributed by atoms with E-state index in [9.17, 15) is 14.0 Å². The van der Waals surface area contributed by atoms with Crippen molar-refractivity contribution >= 4 is 15.6 Å². The lowest BCUT2D eigenvalue weighted by Crippen LogP contribution is -2.05. The molecular weight excluding hydrogens is 454 g/mol. The van der Waals surface area contributed by atoms with E-state index in [1.807, 2.05) is 42.5 Å². The lowest BCUT2D eigenvalue weighted by Gasteiger charge is -2.19. The predicted octanol–water partition coefficient (Wildman–Crippen LogP) is 5.84. The molecular formula is C22H24O8P2. The molecule has 0 aliphatic carbocycles. The van der Waals surface area contributed by atoms with Gasteiger partial charge in [0.1, 0.15) is 0 Å². The minimum Gasteiger partial charge on any atom is -0.302 e. The van der Waals surface area contributed by atoms with Crippen molar-refractivity contribution in [2.45, 2.75) is 19.8 Å². The third-order valence-electron chi connectivity index (χ3n) is 4.13. The second kappa shape index (κ2) is 12.2. The lowest BCUT2D eigenvalue weighted by atomic mass is 10.2. The highest BCUT2D eigenvalue weighted by atomic mass is 31.2. The molecule has 0 saturated carbocycles. The quantitative estimate of drug-likeness (QED) is 0.242. The maximum absolute atomic E-state index is 13.1. The Morgan fingerprint density at radius 2 is 0.906 bits per heavy atom. The molecule has 170 valence electrons. The van der Waals surface area contributed by atoms with Crippen molar-refractivity contribution in [2.24, 2.45) is 0 Å². The number of hydrogen-bond acceptors (Lipinski definition) is 7. The van der Waals surface area contributed by atoms with Gasteiger partial charge in [-0.3, -0.25) is 22.6 Å². The van der Waals surface area contributed by atoms with E-state index in [1.165, 1.54) is 0 Å². The van der Waals surface area contributed by atoms with Crippen LogP contribution in [0.4, 0.5) is 0 Å². The van der Waals surface area contributed by atoms with Gasteiger partial charge in [0.25, 0.3) is 0 Å². The Labute approximate surface area is 186 Å². The van der Waals surface area contributed by atoms with E-state index in [0.717, 1.165) is 11.1 Å². The summed E-state index contributed by atoms with van der Waals surface area (Å²) in [6.07, 6.45) is 0. The fourth-order valence-electron chi connectivity index (χ4n) is 2.49. The molecule has 0 aliphatic rings. The van der Waals surface area contributed by atoms with Crippen molar-refractivity contribution in [3.8, 4) is 0 Å². The minimum absolute atomic E-state index is 0.0474. The molecule has 0 aromatic heterocycles. The first-order chi connectivity index (χ1) is 15.4. The molecule has 0 saturated heterocycles. The van der Waals surface area contributed by atoms with E-state index in [0.29, 0.717) is 5.56 Å². The second-order valence-electron chi connectivity index (χ2n) is 6.57. The van der Waals surface area contributed by atoms with Crippen LogP contribution in [0.5, 0.6) is 0 Å². The second-order valence-corrected chi connectivity index (χ2v) is 9.69. The number of phosphoric acid groups is 2. The molecule has 1 N–H and O–H groups in total. The van der Waals surface area contributed by atoms with Crippen LogP contribution < -0.4 is 0 Å². The van der Waals surface area contributed by atoms with Gasteiger partial charge >= 0.3 is 15.6 Å². The molecule has 0 fully saturated rings. The number of phosphoric ester groups is 2. The summed E-state index contributed by atoms with van der Waals surface area (Å²) in [7, 11) is -8.58. The first-order valence-corrected chi connectivity index (χ1v) is 12.7. The van der Waals surface area contributed by atoms with Gasteiger partial charge in [0.2, 0.25) is 0 Å². The van der Waals surface area contributed by atoms with Crippen LogP contribution in [-0.2, 0) is 51.6 Å². The highest BCUT2D eigenvalue weighted by molar-refractivity contribution is 7.48. The Kier molecular flexibility index (Phi) is 9.36. The van der Waals surface area contributed by atoms with Crippen LogP contribution in [0, 0.1) is 0 Å². The zero-order valence-electron chi connectivity index (χ0n) is 17.2. The van der Waals surface area contributed by atoms with E-state index in [-0.39, 0.29) is 19.8 Å². The van der Waals surface area contributed by atoms with Gasteiger partial charge in [-0.05, 0) is 16.7 Å². The summed E-state index contributed by atoms with van der Waals surface area (Å²) < 4.78 is 50.8. The van der Waals surface area contributed by atoms with Gasteiger partial charge in [-0.15, -0.1) is 0 Å². The molecule has 3 aromatic carbocycles.